The molecule has 0 saturated carbocycles. The quantitative estimate of drug-likeness (QED) is 0.455. The molecule has 0 heterocycles. The molecular formula is C4H8Fe6O-2. The molecule has 0 radical (unpaired) electrons. The Morgan fingerprint density at radius 2 is 0.818 bits per heavy atom. The van der Waals surface area contributed by atoms with E-state index in [9.17, 15) is 0 Å². The molecule has 0 aromatic heterocycles. The molecule has 1 nitrogen and oxygen atoms in total. The Hall–Kier alpha value is 3.08. The van der Waals surface area contributed by atoms with Gasteiger partial charge < -0.3 is 19.0 Å². The van der Waals surface area contributed by atoms with E-state index < -0.39 is 5.60 Å². The second-order valence-electron chi connectivity index (χ2n) is 1.50. The molecule has 80 valence electrons. The summed E-state index contributed by atoms with van der Waals surface area (Å²) in [4.78, 5) is 0. The van der Waals surface area contributed by atoms with Crippen molar-refractivity contribution in [1.82, 2.24) is 0 Å². The fourth-order valence-electron chi connectivity index (χ4n) is 0. The average molecular weight is 407 g/mol. The van der Waals surface area contributed by atoms with Crippen molar-refractivity contribution in [1.29, 1.82) is 0 Å². The largest absolute Gasteiger partial charge is 0.453 e. The van der Waals surface area contributed by atoms with Crippen LogP contribution >= 0.6 is 0 Å². The van der Waals surface area contributed by atoms with Gasteiger partial charge in [0.2, 0.25) is 0 Å². The van der Waals surface area contributed by atoms with Crippen LogP contribution in [0.25, 0.3) is 0 Å². The Bertz CT molecular complexity index is 30.1. The summed E-state index contributed by atoms with van der Waals surface area (Å²) in [5, 5.41) is 8.30. The SMILES string of the molecule is [CH2-]C([CH2-])(C)O.[Fe].[Fe].[Fe].[Fe].[Fe].[Fe]. The van der Waals surface area contributed by atoms with Crippen LogP contribution in [-0.2, 0) is 102 Å². The van der Waals surface area contributed by atoms with Crippen molar-refractivity contribution in [3.8, 4) is 0 Å². The van der Waals surface area contributed by atoms with E-state index in [1.54, 1.807) is 0 Å². The second-order valence-corrected chi connectivity index (χ2v) is 1.50. The van der Waals surface area contributed by atoms with Gasteiger partial charge in [-0.1, -0.05) is 6.92 Å². The number of aliphatic hydroxyl groups is 1. The van der Waals surface area contributed by atoms with Crippen molar-refractivity contribution in [2.45, 2.75) is 12.5 Å². The van der Waals surface area contributed by atoms with E-state index >= 15 is 0 Å². The van der Waals surface area contributed by atoms with Crippen molar-refractivity contribution in [2.24, 2.45) is 0 Å². The van der Waals surface area contributed by atoms with Crippen LogP contribution < -0.4 is 0 Å². The predicted molar refractivity (Wildman–Crippen MR) is 21.3 cm³/mol. The Kier molecular flexibility index (Phi) is 101. The first-order chi connectivity index (χ1) is 2.00. The zero-order valence-corrected chi connectivity index (χ0v) is 12.1. The fraction of sp³-hybridized carbons (Fsp3) is 0.500. The van der Waals surface area contributed by atoms with Gasteiger partial charge in [-0.2, -0.15) is 5.60 Å². The van der Waals surface area contributed by atoms with E-state index in [-0.39, 0.29) is 102 Å². The standard InChI is InChI=1S/C4H8O.6Fe/c1-4(2,3)5;;;;;;/h5H,1-2H2,3H3;;;;;;/q-2;;;;;;. The van der Waals surface area contributed by atoms with Crippen LogP contribution in [0, 0.1) is 13.8 Å². The maximum absolute atomic E-state index is 8.30. The van der Waals surface area contributed by atoms with Crippen LogP contribution in [0.5, 0.6) is 0 Å². The van der Waals surface area contributed by atoms with Gasteiger partial charge in [0.25, 0.3) is 0 Å². The van der Waals surface area contributed by atoms with Gasteiger partial charge in [-0.3, -0.25) is 0 Å². The molecule has 0 fully saturated rings. The molecule has 0 aromatic rings. The summed E-state index contributed by atoms with van der Waals surface area (Å²) in [6.07, 6.45) is 0. The molecule has 7 heteroatoms. The van der Waals surface area contributed by atoms with E-state index in [0.717, 1.165) is 0 Å². The van der Waals surface area contributed by atoms with Crippen LogP contribution in [0.4, 0.5) is 0 Å². The molecule has 0 unspecified atom stereocenters. The van der Waals surface area contributed by atoms with Crippen LogP contribution in [0.3, 0.4) is 0 Å². The van der Waals surface area contributed by atoms with E-state index in [0.29, 0.717) is 0 Å². The zero-order chi connectivity index (χ0) is 4.50. The first-order valence-electron chi connectivity index (χ1n) is 1.43. The third-order valence-corrected chi connectivity index (χ3v) is 0. The normalized spacial score (nSPS) is 5.45. The third-order valence-electron chi connectivity index (χ3n) is 0. The predicted octanol–water partition coefficient (Wildman–Crippen LogP) is 0.391. The number of rotatable bonds is 0. The number of hydrogen-bond acceptors (Lipinski definition) is 1. The van der Waals surface area contributed by atoms with Gasteiger partial charge in [-0.05, 0) is 0 Å². The van der Waals surface area contributed by atoms with Gasteiger partial charge in [-0.15, -0.1) is 0 Å². The van der Waals surface area contributed by atoms with Gasteiger partial charge in [-0.25, -0.2) is 0 Å². The van der Waals surface area contributed by atoms with Crippen LogP contribution in [0.1, 0.15) is 6.92 Å². The first-order valence-corrected chi connectivity index (χ1v) is 1.43. The first kappa shape index (κ1) is 48.1. The van der Waals surface area contributed by atoms with Crippen molar-refractivity contribution < 1.29 is 108 Å². The summed E-state index contributed by atoms with van der Waals surface area (Å²) in [5.74, 6) is 0. The van der Waals surface area contributed by atoms with Crippen molar-refractivity contribution in [2.75, 3.05) is 0 Å². The van der Waals surface area contributed by atoms with Gasteiger partial charge in [0.1, 0.15) is 0 Å². The minimum Gasteiger partial charge on any atom is -0.453 e. The molecule has 11 heavy (non-hydrogen) atoms. The molecule has 0 aliphatic carbocycles. The zero-order valence-electron chi connectivity index (χ0n) is 5.48. The van der Waals surface area contributed by atoms with Crippen molar-refractivity contribution in [3.63, 3.8) is 0 Å². The summed E-state index contributed by atoms with van der Waals surface area (Å²) in [5.41, 5.74) is -1.00. The Labute approximate surface area is 132 Å². The molecule has 0 amide bonds. The molecule has 0 aromatic carbocycles. The molecule has 0 bridgehead atoms. The van der Waals surface area contributed by atoms with Crippen molar-refractivity contribution >= 4 is 0 Å². The smallest absolute Gasteiger partial charge is 0 e. The Balaban J connectivity index is -0.00000000533. The molecule has 0 aliphatic rings. The summed E-state index contributed by atoms with van der Waals surface area (Å²) >= 11 is 0. The minimum atomic E-state index is -1.00. The third kappa shape index (κ3) is 169. The minimum absolute atomic E-state index is 0. The molecule has 0 saturated heterocycles. The van der Waals surface area contributed by atoms with E-state index in [1.807, 2.05) is 0 Å². The van der Waals surface area contributed by atoms with Gasteiger partial charge in [0.15, 0.2) is 0 Å². The van der Waals surface area contributed by atoms with E-state index in [2.05, 4.69) is 13.8 Å². The summed E-state index contributed by atoms with van der Waals surface area (Å²) < 4.78 is 0. The van der Waals surface area contributed by atoms with Crippen LogP contribution in [0.15, 0.2) is 0 Å². The fourth-order valence-corrected chi connectivity index (χ4v) is 0. The summed E-state index contributed by atoms with van der Waals surface area (Å²) in [6.45, 7) is 7.95. The molecule has 0 aliphatic heterocycles. The van der Waals surface area contributed by atoms with E-state index in [4.69, 9.17) is 5.11 Å². The average Bonchev–Trinajstić information content (AvgIpc) is 0.722. The van der Waals surface area contributed by atoms with Gasteiger partial charge in [0, 0.05) is 102 Å². The summed E-state index contributed by atoms with van der Waals surface area (Å²) in [6, 6.07) is 0. The Morgan fingerprint density at radius 3 is 0.818 bits per heavy atom. The molecule has 1 N–H and O–H groups in total. The van der Waals surface area contributed by atoms with Crippen LogP contribution in [0.2, 0.25) is 0 Å². The second kappa shape index (κ2) is 23.1. The Morgan fingerprint density at radius 1 is 0.818 bits per heavy atom. The molecular weight excluding hydrogens is 399 g/mol. The maximum atomic E-state index is 8.30. The topological polar surface area (TPSA) is 20.2 Å². The van der Waals surface area contributed by atoms with E-state index in [1.165, 1.54) is 6.92 Å². The van der Waals surface area contributed by atoms with Crippen molar-refractivity contribution in [3.05, 3.63) is 13.8 Å². The van der Waals surface area contributed by atoms with Gasteiger partial charge in [0.05, 0.1) is 0 Å². The molecule has 0 atom stereocenters. The maximum Gasteiger partial charge on any atom is 0 e. The van der Waals surface area contributed by atoms with Crippen LogP contribution in [-0.4, -0.2) is 10.7 Å². The summed E-state index contributed by atoms with van der Waals surface area (Å²) in [7, 11) is 0. The van der Waals surface area contributed by atoms with Gasteiger partial charge >= 0.3 is 0 Å². The molecule has 0 rings (SSSR count). The monoisotopic (exact) mass is 408 g/mol. The number of hydrogen-bond donors (Lipinski definition) is 1. The molecule has 0 spiro atoms.